The maximum Gasteiger partial charge on any atom is 0.239 e. The van der Waals surface area contributed by atoms with Crippen LogP contribution in [0, 0.1) is 0 Å². The number of benzene rings is 2. The Hall–Kier alpha value is -2.18. The highest BCUT2D eigenvalue weighted by Crippen LogP contribution is 2.13. The summed E-state index contributed by atoms with van der Waals surface area (Å²) in [5, 5.41) is 3.02. The SMILES string of the molecule is NC(=O)C(NCCCS(=O)(=O)c1ccccc1)c1ccccc1. The van der Waals surface area contributed by atoms with Crippen LogP contribution in [0.2, 0.25) is 0 Å². The molecule has 6 heteroatoms. The maximum atomic E-state index is 12.2. The highest BCUT2D eigenvalue weighted by atomic mass is 32.2. The van der Waals surface area contributed by atoms with Gasteiger partial charge in [0.2, 0.25) is 5.91 Å². The van der Waals surface area contributed by atoms with Gasteiger partial charge in [0.05, 0.1) is 10.6 Å². The third-order valence-corrected chi connectivity index (χ3v) is 5.27. The zero-order chi connectivity index (χ0) is 16.7. The Balaban J connectivity index is 1.90. The smallest absolute Gasteiger partial charge is 0.239 e. The minimum absolute atomic E-state index is 0.0181. The first-order chi connectivity index (χ1) is 11.0. The van der Waals surface area contributed by atoms with E-state index in [0.717, 1.165) is 5.56 Å². The largest absolute Gasteiger partial charge is 0.368 e. The summed E-state index contributed by atoms with van der Waals surface area (Å²) in [6, 6.07) is 16.8. The fraction of sp³-hybridized carbons (Fsp3) is 0.235. The standard InChI is InChI=1S/C17H20N2O3S/c18-17(20)16(14-8-3-1-4-9-14)19-12-7-13-23(21,22)15-10-5-2-6-11-15/h1-6,8-11,16,19H,7,12-13H2,(H2,18,20). The second-order valence-electron chi connectivity index (χ2n) is 5.19. The molecule has 0 saturated carbocycles. The van der Waals surface area contributed by atoms with Crippen LogP contribution in [0.25, 0.3) is 0 Å². The molecule has 0 saturated heterocycles. The van der Waals surface area contributed by atoms with Crippen LogP contribution in [0.3, 0.4) is 0 Å². The zero-order valence-corrected chi connectivity index (χ0v) is 13.5. The van der Waals surface area contributed by atoms with Crippen molar-refractivity contribution in [1.29, 1.82) is 0 Å². The van der Waals surface area contributed by atoms with E-state index >= 15 is 0 Å². The predicted molar refractivity (Wildman–Crippen MR) is 89.5 cm³/mol. The number of primary amides is 1. The minimum atomic E-state index is -3.30. The molecule has 2 rings (SSSR count). The van der Waals surface area contributed by atoms with E-state index in [1.807, 2.05) is 30.3 Å². The van der Waals surface area contributed by atoms with Crippen molar-refractivity contribution in [3.05, 3.63) is 66.2 Å². The van der Waals surface area contributed by atoms with E-state index in [1.165, 1.54) is 0 Å². The Morgan fingerprint density at radius 1 is 1.00 bits per heavy atom. The molecule has 122 valence electrons. The van der Waals surface area contributed by atoms with Gasteiger partial charge in [0, 0.05) is 0 Å². The third-order valence-electron chi connectivity index (χ3n) is 3.46. The van der Waals surface area contributed by atoms with E-state index < -0.39 is 21.8 Å². The summed E-state index contributed by atoms with van der Waals surface area (Å²) in [5.74, 6) is -0.466. The highest BCUT2D eigenvalue weighted by molar-refractivity contribution is 7.91. The van der Waals surface area contributed by atoms with E-state index in [0.29, 0.717) is 17.9 Å². The molecular formula is C17H20N2O3S. The summed E-state index contributed by atoms with van der Waals surface area (Å²) in [6.07, 6.45) is 0.397. The molecule has 0 spiro atoms. The molecule has 0 aliphatic heterocycles. The fourth-order valence-corrected chi connectivity index (χ4v) is 3.61. The minimum Gasteiger partial charge on any atom is -0.368 e. The molecule has 23 heavy (non-hydrogen) atoms. The van der Waals surface area contributed by atoms with Crippen molar-refractivity contribution in [2.75, 3.05) is 12.3 Å². The molecule has 0 radical (unpaired) electrons. The Morgan fingerprint density at radius 2 is 1.57 bits per heavy atom. The lowest BCUT2D eigenvalue weighted by molar-refractivity contribution is -0.120. The van der Waals surface area contributed by atoms with Crippen molar-refractivity contribution in [2.45, 2.75) is 17.4 Å². The number of carbonyl (C=O) groups is 1. The van der Waals surface area contributed by atoms with Gasteiger partial charge in [-0.15, -0.1) is 0 Å². The Bertz CT molecular complexity index is 731. The maximum absolute atomic E-state index is 12.2. The summed E-state index contributed by atoms with van der Waals surface area (Å²) in [4.78, 5) is 11.9. The van der Waals surface area contributed by atoms with Gasteiger partial charge >= 0.3 is 0 Å². The Labute approximate surface area is 136 Å². The molecular weight excluding hydrogens is 312 g/mol. The van der Waals surface area contributed by atoms with Crippen molar-refractivity contribution in [1.82, 2.24) is 5.32 Å². The van der Waals surface area contributed by atoms with Gasteiger partial charge in [-0.2, -0.15) is 0 Å². The zero-order valence-electron chi connectivity index (χ0n) is 12.7. The van der Waals surface area contributed by atoms with Gasteiger partial charge in [-0.1, -0.05) is 48.5 Å². The third kappa shape index (κ3) is 4.91. The van der Waals surface area contributed by atoms with Crippen LogP contribution in [-0.4, -0.2) is 26.6 Å². The van der Waals surface area contributed by atoms with Gasteiger partial charge in [0.15, 0.2) is 9.84 Å². The lowest BCUT2D eigenvalue weighted by atomic mass is 10.1. The molecule has 3 N–H and O–H groups in total. The number of rotatable bonds is 8. The molecule has 0 heterocycles. The normalized spacial score (nSPS) is 12.7. The number of nitrogens with one attached hydrogen (secondary N) is 1. The first-order valence-corrected chi connectivity index (χ1v) is 9.01. The van der Waals surface area contributed by atoms with Crippen molar-refractivity contribution in [3.8, 4) is 0 Å². The van der Waals surface area contributed by atoms with Gasteiger partial charge in [0.1, 0.15) is 6.04 Å². The molecule has 0 aliphatic rings. The highest BCUT2D eigenvalue weighted by Gasteiger charge is 2.18. The van der Waals surface area contributed by atoms with E-state index in [9.17, 15) is 13.2 Å². The van der Waals surface area contributed by atoms with Crippen LogP contribution in [0.4, 0.5) is 0 Å². The summed E-state index contributed by atoms with van der Waals surface area (Å²) >= 11 is 0. The van der Waals surface area contributed by atoms with Crippen LogP contribution in [0.1, 0.15) is 18.0 Å². The number of carbonyl (C=O) groups excluding carboxylic acids is 1. The van der Waals surface area contributed by atoms with Crippen molar-refractivity contribution < 1.29 is 13.2 Å². The summed E-state index contributed by atoms with van der Waals surface area (Å²) in [5.41, 5.74) is 6.18. The van der Waals surface area contributed by atoms with Crippen LogP contribution >= 0.6 is 0 Å². The molecule has 1 amide bonds. The Morgan fingerprint density at radius 3 is 2.13 bits per heavy atom. The van der Waals surface area contributed by atoms with Gasteiger partial charge in [-0.05, 0) is 30.7 Å². The average Bonchev–Trinajstić information content (AvgIpc) is 2.56. The average molecular weight is 332 g/mol. The summed E-state index contributed by atoms with van der Waals surface area (Å²) in [6.45, 7) is 0.383. The van der Waals surface area contributed by atoms with Gasteiger partial charge < -0.3 is 11.1 Å². The van der Waals surface area contributed by atoms with Crippen molar-refractivity contribution in [3.63, 3.8) is 0 Å². The molecule has 0 aromatic heterocycles. The second-order valence-corrected chi connectivity index (χ2v) is 7.29. The number of sulfone groups is 1. The molecule has 0 bridgehead atoms. The Kier molecular flexibility index (Phi) is 5.90. The topological polar surface area (TPSA) is 89.3 Å². The summed E-state index contributed by atoms with van der Waals surface area (Å²) in [7, 11) is -3.30. The van der Waals surface area contributed by atoms with Gasteiger partial charge in [-0.3, -0.25) is 4.79 Å². The van der Waals surface area contributed by atoms with E-state index in [4.69, 9.17) is 5.73 Å². The van der Waals surface area contributed by atoms with Crippen LogP contribution < -0.4 is 11.1 Å². The second kappa shape index (κ2) is 7.89. The molecule has 1 atom stereocenters. The summed E-state index contributed by atoms with van der Waals surface area (Å²) < 4.78 is 24.3. The molecule has 0 fully saturated rings. The van der Waals surface area contributed by atoms with Gasteiger partial charge in [-0.25, -0.2) is 8.42 Å². The van der Waals surface area contributed by atoms with Crippen LogP contribution in [0.5, 0.6) is 0 Å². The number of hydrogen-bond acceptors (Lipinski definition) is 4. The molecule has 5 nitrogen and oxygen atoms in total. The predicted octanol–water partition coefficient (Wildman–Crippen LogP) is 1.67. The molecule has 2 aromatic rings. The van der Waals surface area contributed by atoms with E-state index in [1.54, 1.807) is 30.3 Å². The lowest BCUT2D eigenvalue weighted by Crippen LogP contribution is -2.34. The number of nitrogens with two attached hydrogens (primary N) is 1. The van der Waals surface area contributed by atoms with Crippen LogP contribution in [-0.2, 0) is 14.6 Å². The van der Waals surface area contributed by atoms with Crippen molar-refractivity contribution in [2.24, 2.45) is 5.73 Å². The monoisotopic (exact) mass is 332 g/mol. The van der Waals surface area contributed by atoms with Crippen molar-refractivity contribution >= 4 is 15.7 Å². The van der Waals surface area contributed by atoms with E-state index in [-0.39, 0.29) is 5.75 Å². The first-order valence-electron chi connectivity index (χ1n) is 7.36. The lowest BCUT2D eigenvalue weighted by Gasteiger charge is -2.15. The first kappa shape index (κ1) is 17.2. The number of amides is 1. The van der Waals surface area contributed by atoms with Gasteiger partial charge in [0.25, 0.3) is 0 Å². The molecule has 0 aliphatic carbocycles. The van der Waals surface area contributed by atoms with E-state index in [2.05, 4.69) is 5.32 Å². The van der Waals surface area contributed by atoms with Crippen LogP contribution in [0.15, 0.2) is 65.6 Å². The fourth-order valence-electron chi connectivity index (χ4n) is 2.28. The molecule has 2 aromatic carbocycles. The number of hydrogen-bond donors (Lipinski definition) is 2. The quantitative estimate of drug-likeness (QED) is 0.720. The molecule has 1 unspecified atom stereocenters.